The first kappa shape index (κ1) is 19.7. The molecule has 2 rings (SSSR count). The third kappa shape index (κ3) is 3.50. The van der Waals surface area contributed by atoms with E-state index in [4.69, 9.17) is 9.47 Å². The molecule has 0 saturated carbocycles. The largest absolute Gasteiger partial charge is 0.466 e. The third-order valence-corrected chi connectivity index (χ3v) is 5.37. The van der Waals surface area contributed by atoms with Crippen molar-refractivity contribution in [3.63, 3.8) is 0 Å². The van der Waals surface area contributed by atoms with Crippen LogP contribution < -0.4 is 5.32 Å². The second kappa shape index (κ2) is 7.33. The summed E-state index contributed by atoms with van der Waals surface area (Å²) < 4.78 is 34.3. The van der Waals surface area contributed by atoms with Gasteiger partial charge in [-0.3, -0.25) is 0 Å². The number of esters is 2. The molecule has 1 aliphatic rings. The quantitative estimate of drug-likeness (QED) is 0.795. The number of dihydropyridines is 1. The van der Waals surface area contributed by atoms with Gasteiger partial charge in [0.05, 0.1) is 36.2 Å². The summed E-state index contributed by atoms with van der Waals surface area (Å²) >= 11 is 0. The molecule has 26 heavy (non-hydrogen) atoms. The van der Waals surface area contributed by atoms with Crippen molar-refractivity contribution in [3.05, 3.63) is 52.4 Å². The Kier molecular flexibility index (Phi) is 5.56. The Morgan fingerprint density at radius 2 is 1.42 bits per heavy atom. The van der Waals surface area contributed by atoms with Crippen LogP contribution in [0.2, 0.25) is 0 Å². The van der Waals surface area contributed by atoms with Crippen molar-refractivity contribution in [2.45, 2.75) is 24.7 Å². The van der Waals surface area contributed by atoms with E-state index in [0.29, 0.717) is 17.0 Å². The summed E-state index contributed by atoms with van der Waals surface area (Å²) in [5.74, 6) is -2.24. The molecule has 0 aliphatic carbocycles. The van der Waals surface area contributed by atoms with Gasteiger partial charge in [-0.25, -0.2) is 18.0 Å². The fourth-order valence-electron chi connectivity index (χ4n) is 3.12. The highest BCUT2D eigenvalue weighted by molar-refractivity contribution is 7.90. The van der Waals surface area contributed by atoms with Crippen LogP contribution >= 0.6 is 0 Å². The molecule has 1 heterocycles. The van der Waals surface area contributed by atoms with Gasteiger partial charge in [-0.05, 0) is 25.5 Å². The lowest BCUT2D eigenvalue weighted by molar-refractivity contribution is -0.137. The van der Waals surface area contributed by atoms with Crippen molar-refractivity contribution in [2.24, 2.45) is 0 Å². The fourth-order valence-corrected chi connectivity index (χ4v) is 4.06. The molecule has 0 bridgehead atoms. The average molecular weight is 379 g/mol. The molecule has 1 aromatic rings. The van der Waals surface area contributed by atoms with Crippen LogP contribution in [0.25, 0.3) is 0 Å². The van der Waals surface area contributed by atoms with Crippen LogP contribution in [0.3, 0.4) is 0 Å². The molecule has 1 N–H and O–H groups in total. The monoisotopic (exact) mass is 379 g/mol. The van der Waals surface area contributed by atoms with Gasteiger partial charge in [0, 0.05) is 17.6 Å². The lowest BCUT2D eigenvalue weighted by atomic mass is 9.80. The molecule has 0 fully saturated rings. The Labute approximate surface area is 152 Å². The van der Waals surface area contributed by atoms with Gasteiger partial charge in [-0.15, -0.1) is 0 Å². The number of carbonyl (C=O) groups excluding carboxylic acids is 2. The van der Waals surface area contributed by atoms with Crippen LogP contribution in [-0.2, 0) is 28.9 Å². The van der Waals surface area contributed by atoms with Crippen molar-refractivity contribution in [2.75, 3.05) is 20.5 Å². The molecule has 0 aromatic heterocycles. The highest BCUT2D eigenvalue weighted by Crippen LogP contribution is 2.41. The Bertz CT molecular complexity index is 889. The number of hydrogen-bond acceptors (Lipinski definition) is 7. The summed E-state index contributed by atoms with van der Waals surface area (Å²) in [5, 5.41) is 2.98. The SMILES string of the molecule is COC(=O)C1=C(C)NC(C)=C(C(=O)OC)C1c1ccccc1S(C)(=O)=O. The van der Waals surface area contributed by atoms with Crippen molar-refractivity contribution in [3.8, 4) is 0 Å². The van der Waals surface area contributed by atoms with Gasteiger partial charge < -0.3 is 14.8 Å². The van der Waals surface area contributed by atoms with E-state index in [1.807, 2.05) is 0 Å². The first-order valence-electron chi connectivity index (χ1n) is 7.77. The minimum absolute atomic E-state index is 0.0373. The van der Waals surface area contributed by atoms with E-state index in [2.05, 4.69) is 5.32 Å². The van der Waals surface area contributed by atoms with Gasteiger partial charge >= 0.3 is 11.9 Å². The highest BCUT2D eigenvalue weighted by atomic mass is 32.2. The van der Waals surface area contributed by atoms with E-state index in [9.17, 15) is 18.0 Å². The average Bonchev–Trinajstić information content (AvgIpc) is 2.59. The minimum atomic E-state index is -3.60. The van der Waals surface area contributed by atoms with E-state index in [0.717, 1.165) is 6.26 Å². The zero-order valence-electron chi connectivity index (χ0n) is 15.2. The summed E-state index contributed by atoms with van der Waals surface area (Å²) in [6.45, 7) is 3.33. The Balaban J connectivity index is 2.87. The number of rotatable bonds is 4. The van der Waals surface area contributed by atoms with Crippen LogP contribution in [0.15, 0.2) is 51.7 Å². The van der Waals surface area contributed by atoms with Crippen molar-refractivity contribution < 1.29 is 27.5 Å². The summed E-state index contributed by atoms with van der Waals surface area (Å²) in [6.07, 6.45) is 1.08. The lowest BCUT2D eigenvalue weighted by Gasteiger charge is -2.30. The molecule has 1 aromatic carbocycles. The number of carbonyl (C=O) groups is 2. The Hall–Kier alpha value is -2.61. The van der Waals surface area contributed by atoms with E-state index >= 15 is 0 Å². The van der Waals surface area contributed by atoms with Crippen LogP contribution in [0.1, 0.15) is 25.3 Å². The zero-order valence-corrected chi connectivity index (χ0v) is 16.1. The maximum Gasteiger partial charge on any atom is 0.336 e. The van der Waals surface area contributed by atoms with E-state index < -0.39 is 27.7 Å². The van der Waals surface area contributed by atoms with Gasteiger partial charge in [0.1, 0.15) is 0 Å². The molecule has 0 atom stereocenters. The first-order chi connectivity index (χ1) is 12.1. The van der Waals surface area contributed by atoms with Crippen molar-refractivity contribution in [1.82, 2.24) is 5.32 Å². The highest BCUT2D eigenvalue weighted by Gasteiger charge is 2.39. The molecule has 0 unspecified atom stereocenters. The maximum atomic E-state index is 12.4. The van der Waals surface area contributed by atoms with Gasteiger partial charge in [0.15, 0.2) is 9.84 Å². The normalized spacial score (nSPS) is 15.6. The van der Waals surface area contributed by atoms with Gasteiger partial charge in [0.2, 0.25) is 0 Å². The molecule has 0 spiro atoms. The number of benzene rings is 1. The van der Waals surface area contributed by atoms with Crippen LogP contribution in [0.4, 0.5) is 0 Å². The number of allylic oxidation sites excluding steroid dienone is 2. The van der Waals surface area contributed by atoms with Gasteiger partial charge in [-0.1, -0.05) is 18.2 Å². The van der Waals surface area contributed by atoms with Crippen molar-refractivity contribution in [1.29, 1.82) is 0 Å². The molecular weight excluding hydrogens is 358 g/mol. The van der Waals surface area contributed by atoms with Gasteiger partial charge in [0.25, 0.3) is 0 Å². The van der Waals surface area contributed by atoms with E-state index in [1.165, 1.54) is 20.3 Å². The second-order valence-corrected chi connectivity index (χ2v) is 7.91. The molecule has 0 radical (unpaired) electrons. The minimum Gasteiger partial charge on any atom is -0.466 e. The van der Waals surface area contributed by atoms with E-state index in [1.54, 1.807) is 32.0 Å². The summed E-state index contributed by atoms with van der Waals surface area (Å²) in [5.41, 5.74) is 1.60. The maximum absolute atomic E-state index is 12.4. The molecule has 0 saturated heterocycles. The zero-order chi connectivity index (χ0) is 19.6. The molecule has 1 aliphatic heterocycles. The van der Waals surface area contributed by atoms with Crippen LogP contribution in [0.5, 0.6) is 0 Å². The smallest absolute Gasteiger partial charge is 0.336 e. The molecule has 140 valence electrons. The number of methoxy groups -OCH3 is 2. The number of sulfone groups is 1. The summed E-state index contributed by atoms with van der Waals surface area (Å²) in [4.78, 5) is 24.9. The van der Waals surface area contributed by atoms with E-state index in [-0.39, 0.29) is 16.0 Å². The topological polar surface area (TPSA) is 98.8 Å². The van der Waals surface area contributed by atoms with Crippen LogP contribution in [-0.4, -0.2) is 40.8 Å². The van der Waals surface area contributed by atoms with Crippen molar-refractivity contribution >= 4 is 21.8 Å². The predicted molar refractivity (Wildman–Crippen MR) is 94.9 cm³/mol. The molecular formula is C18H21NO6S. The number of nitrogens with one attached hydrogen (secondary N) is 1. The fraction of sp³-hybridized carbons (Fsp3) is 0.333. The lowest BCUT2D eigenvalue weighted by Crippen LogP contribution is -2.32. The Morgan fingerprint density at radius 3 is 1.85 bits per heavy atom. The first-order valence-corrected chi connectivity index (χ1v) is 9.66. The molecule has 7 nitrogen and oxygen atoms in total. The summed E-state index contributed by atoms with van der Waals surface area (Å²) in [7, 11) is -1.14. The molecule has 8 heteroatoms. The Morgan fingerprint density at radius 1 is 0.962 bits per heavy atom. The second-order valence-electron chi connectivity index (χ2n) is 5.93. The van der Waals surface area contributed by atoms with Gasteiger partial charge in [-0.2, -0.15) is 0 Å². The predicted octanol–water partition coefficient (Wildman–Crippen LogP) is 1.67. The summed E-state index contributed by atoms with van der Waals surface area (Å²) in [6, 6.07) is 6.27. The number of ether oxygens (including phenoxy) is 2. The standard InChI is InChI=1S/C18H21NO6S/c1-10-14(17(20)24-3)16(15(11(2)19-10)18(21)25-4)12-8-6-7-9-13(12)26(5,22)23/h6-9,16,19H,1-5H3. The molecule has 0 amide bonds. The van der Waals surface area contributed by atoms with Crippen LogP contribution in [0, 0.1) is 0 Å². The third-order valence-electron chi connectivity index (χ3n) is 4.20. The number of hydrogen-bond donors (Lipinski definition) is 1.